The van der Waals surface area contributed by atoms with Crippen LogP contribution in [0.15, 0.2) is 24.4 Å². The number of aromatic nitrogens is 2. The maximum Gasteiger partial charge on any atom is 0.146 e. The van der Waals surface area contributed by atoms with Crippen LogP contribution in [0.25, 0.3) is 11.1 Å². The van der Waals surface area contributed by atoms with E-state index in [-0.39, 0.29) is 16.8 Å². The normalized spacial score (nSPS) is 10.1. The van der Waals surface area contributed by atoms with E-state index >= 15 is 0 Å². The third-order valence-corrected chi connectivity index (χ3v) is 2.28. The van der Waals surface area contributed by atoms with Gasteiger partial charge in [-0.3, -0.25) is 4.68 Å². The quantitative estimate of drug-likeness (QED) is 0.738. The topological polar surface area (TPSA) is 41.6 Å². The fourth-order valence-electron chi connectivity index (χ4n) is 1.51. The van der Waals surface area contributed by atoms with E-state index in [9.17, 15) is 8.78 Å². The standard InChI is InChI=1S/C11H7F2N3/c1-16-10(5-14)7(6-15-16)11-8(12)3-2-4-9(11)13/h2-4,6H,1H3. The van der Waals surface area contributed by atoms with Crippen molar-refractivity contribution in [1.29, 1.82) is 5.26 Å². The van der Waals surface area contributed by atoms with Crippen LogP contribution in [0.2, 0.25) is 0 Å². The molecule has 2 rings (SSSR count). The molecule has 0 saturated heterocycles. The number of nitriles is 1. The molecule has 1 aromatic carbocycles. The molecule has 80 valence electrons. The Kier molecular flexibility index (Phi) is 2.41. The summed E-state index contributed by atoms with van der Waals surface area (Å²) in [5, 5.41) is 12.7. The zero-order valence-electron chi connectivity index (χ0n) is 8.41. The minimum atomic E-state index is -0.704. The monoisotopic (exact) mass is 219 g/mol. The lowest BCUT2D eigenvalue weighted by molar-refractivity contribution is 0.589. The summed E-state index contributed by atoms with van der Waals surface area (Å²) < 4.78 is 28.2. The van der Waals surface area contributed by atoms with Gasteiger partial charge >= 0.3 is 0 Å². The molecule has 0 atom stereocenters. The van der Waals surface area contributed by atoms with Gasteiger partial charge in [0.15, 0.2) is 0 Å². The fourth-order valence-corrected chi connectivity index (χ4v) is 1.51. The second-order valence-electron chi connectivity index (χ2n) is 3.24. The lowest BCUT2D eigenvalue weighted by atomic mass is 10.1. The SMILES string of the molecule is Cn1ncc(-c2c(F)cccc2F)c1C#N. The molecule has 16 heavy (non-hydrogen) atoms. The van der Waals surface area contributed by atoms with Gasteiger partial charge < -0.3 is 0 Å². The van der Waals surface area contributed by atoms with E-state index in [1.165, 1.54) is 16.9 Å². The third kappa shape index (κ3) is 1.44. The van der Waals surface area contributed by atoms with Crippen molar-refractivity contribution in [2.24, 2.45) is 7.05 Å². The molecule has 0 aliphatic carbocycles. The first kappa shape index (κ1) is 10.3. The predicted molar refractivity (Wildman–Crippen MR) is 53.3 cm³/mol. The highest BCUT2D eigenvalue weighted by atomic mass is 19.1. The van der Waals surface area contributed by atoms with Crippen LogP contribution in [-0.4, -0.2) is 9.78 Å². The van der Waals surface area contributed by atoms with Crippen LogP contribution in [0.3, 0.4) is 0 Å². The number of aryl methyl sites for hydroxylation is 1. The number of hydrogen-bond acceptors (Lipinski definition) is 2. The van der Waals surface area contributed by atoms with Gasteiger partial charge in [-0.15, -0.1) is 0 Å². The van der Waals surface area contributed by atoms with E-state index in [1.807, 2.05) is 6.07 Å². The average Bonchev–Trinajstić information content (AvgIpc) is 2.59. The average molecular weight is 219 g/mol. The third-order valence-electron chi connectivity index (χ3n) is 2.28. The molecule has 0 saturated carbocycles. The van der Waals surface area contributed by atoms with Crippen LogP contribution in [0.4, 0.5) is 8.78 Å². The maximum atomic E-state index is 13.5. The van der Waals surface area contributed by atoms with Crippen molar-refractivity contribution in [3.63, 3.8) is 0 Å². The number of nitrogens with zero attached hydrogens (tertiary/aromatic N) is 3. The number of benzene rings is 1. The first-order valence-electron chi connectivity index (χ1n) is 4.51. The van der Waals surface area contributed by atoms with Crippen LogP contribution in [0.5, 0.6) is 0 Å². The molecule has 0 spiro atoms. The van der Waals surface area contributed by atoms with Gasteiger partial charge in [-0.1, -0.05) is 6.07 Å². The second-order valence-corrected chi connectivity index (χ2v) is 3.24. The van der Waals surface area contributed by atoms with Crippen molar-refractivity contribution >= 4 is 0 Å². The Bertz CT molecular complexity index is 561. The second kappa shape index (κ2) is 3.74. The molecule has 2 aromatic rings. The van der Waals surface area contributed by atoms with Crippen LogP contribution >= 0.6 is 0 Å². The fraction of sp³-hybridized carbons (Fsp3) is 0.0909. The van der Waals surface area contributed by atoms with Gasteiger partial charge in [0.25, 0.3) is 0 Å². The molecule has 0 radical (unpaired) electrons. The zero-order chi connectivity index (χ0) is 11.7. The lowest BCUT2D eigenvalue weighted by Crippen LogP contribution is -1.96. The predicted octanol–water partition coefficient (Wildman–Crippen LogP) is 2.24. The van der Waals surface area contributed by atoms with E-state index in [0.29, 0.717) is 0 Å². The van der Waals surface area contributed by atoms with E-state index in [2.05, 4.69) is 5.10 Å². The van der Waals surface area contributed by atoms with E-state index in [4.69, 9.17) is 5.26 Å². The van der Waals surface area contributed by atoms with Gasteiger partial charge in [-0.25, -0.2) is 8.78 Å². The molecule has 0 fully saturated rings. The van der Waals surface area contributed by atoms with Gasteiger partial charge in [-0.2, -0.15) is 10.4 Å². The summed E-state index contributed by atoms with van der Waals surface area (Å²) in [6.07, 6.45) is 1.28. The first-order valence-corrected chi connectivity index (χ1v) is 4.51. The zero-order valence-corrected chi connectivity index (χ0v) is 8.41. The molecule has 0 unspecified atom stereocenters. The minimum Gasteiger partial charge on any atom is -0.257 e. The summed E-state index contributed by atoms with van der Waals surface area (Å²) >= 11 is 0. The molecule has 1 aromatic heterocycles. The van der Waals surface area contributed by atoms with E-state index < -0.39 is 11.6 Å². The summed E-state index contributed by atoms with van der Waals surface area (Å²) in [5.41, 5.74) is 0.0803. The highest BCUT2D eigenvalue weighted by Gasteiger charge is 2.17. The maximum absolute atomic E-state index is 13.5. The molecule has 0 amide bonds. The van der Waals surface area contributed by atoms with Gasteiger partial charge in [-0.05, 0) is 12.1 Å². The van der Waals surface area contributed by atoms with Crippen molar-refractivity contribution < 1.29 is 8.78 Å². The Hall–Kier alpha value is -2.22. The van der Waals surface area contributed by atoms with Crippen molar-refractivity contribution in [1.82, 2.24) is 9.78 Å². The Morgan fingerprint density at radius 1 is 1.31 bits per heavy atom. The van der Waals surface area contributed by atoms with Crippen LogP contribution < -0.4 is 0 Å². The smallest absolute Gasteiger partial charge is 0.146 e. The molecular weight excluding hydrogens is 212 g/mol. The van der Waals surface area contributed by atoms with Crippen LogP contribution in [-0.2, 0) is 7.05 Å². The first-order chi connectivity index (χ1) is 7.65. The molecule has 0 aliphatic heterocycles. The molecule has 3 nitrogen and oxygen atoms in total. The Labute approximate surface area is 90.5 Å². The summed E-state index contributed by atoms with van der Waals surface area (Å²) in [7, 11) is 1.54. The van der Waals surface area contributed by atoms with Gasteiger partial charge in [0.05, 0.1) is 11.8 Å². The Balaban J connectivity index is 2.74. The van der Waals surface area contributed by atoms with Gasteiger partial charge in [0.1, 0.15) is 23.4 Å². The number of rotatable bonds is 1. The highest BCUT2D eigenvalue weighted by Crippen LogP contribution is 2.28. The van der Waals surface area contributed by atoms with Crippen molar-refractivity contribution in [2.75, 3.05) is 0 Å². The number of hydrogen-bond donors (Lipinski definition) is 0. The summed E-state index contributed by atoms with van der Waals surface area (Å²) in [5.74, 6) is -1.41. The molecule has 0 aliphatic rings. The summed E-state index contributed by atoms with van der Waals surface area (Å²) in [4.78, 5) is 0. The summed E-state index contributed by atoms with van der Waals surface area (Å²) in [6.45, 7) is 0. The Morgan fingerprint density at radius 3 is 2.50 bits per heavy atom. The molecular formula is C11H7F2N3. The van der Waals surface area contributed by atoms with Crippen molar-refractivity contribution in [3.05, 3.63) is 41.7 Å². The van der Waals surface area contributed by atoms with Crippen molar-refractivity contribution in [2.45, 2.75) is 0 Å². The van der Waals surface area contributed by atoms with Crippen LogP contribution in [0, 0.1) is 23.0 Å². The van der Waals surface area contributed by atoms with Crippen molar-refractivity contribution in [3.8, 4) is 17.2 Å². The highest BCUT2D eigenvalue weighted by molar-refractivity contribution is 5.69. The molecule has 5 heteroatoms. The Morgan fingerprint density at radius 2 is 1.94 bits per heavy atom. The lowest BCUT2D eigenvalue weighted by Gasteiger charge is -2.02. The van der Waals surface area contributed by atoms with E-state index in [1.54, 1.807) is 7.05 Å². The van der Waals surface area contributed by atoms with Gasteiger partial charge in [0, 0.05) is 12.6 Å². The largest absolute Gasteiger partial charge is 0.257 e. The molecule has 0 bridgehead atoms. The number of halogens is 2. The molecule has 0 N–H and O–H groups in total. The minimum absolute atomic E-state index is 0.129. The van der Waals surface area contributed by atoms with Gasteiger partial charge in [0.2, 0.25) is 0 Å². The molecule has 1 heterocycles. The van der Waals surface area contributed by atoms with E-state index in [0.717, 1.165) is 12.1 Å². The van der Waals surface area contributed by atoms with Crippen LogP contribution in [0.1, 0.15) is 5.69 Å². The summed E-state index contributed by atoms with van der Waals surface area (Å²) in [6, 6.07) is 5.43.